The topological polar surface area (TPSA) is 82.9 Å². The predicted octanol–water partition coefficient (Wildman–Crippen LogP) is 3.97. The van der Waals surface area contributed by atoms with Crippen molar-refractivity contribution >= 4 is 22.0 Å². The Morgan fingerprint density at radius 3 is 2.34 bits per heavy atom. The van der Waals surface area contributed by atoms with E-state index in [-0.39, 0.29) is 12.1 Å². The van der Waals surface area contributed by atoms with Crippen LogP contribution >= 0.6 is 0 Å². The zero-order valence-electron chi connectivity index (χ0n) is 18.3. The van der Waals surface area contributed by atoms with Crippen molar-refractivity contribution in [3.05, 3.63) is 97.5 Å². The maximum absolute atomic E-state index is 13.2. The zero-order valence-corrected chi connectivity index (χ0v) is 18.3. The highest BCUT2D eigenvalue weighted by atomic mass is 16.4. The third kappa shape index (κ3) is 3.32. The maximum Gasteiger partial charge on any atom is 0.336 e. The summed E-state index contributed by atoms with van der Waals surface area (Å²) in [5, 5.41) is 5.65. The third-order valence-corrected chi connectivity index (χ3v) is 5.79. The lowest BCUT2D eigenvalue weighted by atomic mass is 10.0. The molecule has 0 N–H and O–H groups in total. The third-order valence-electron chi connectivity index (χ3n) is 5.79. The van der Waals surface area contributed by atoms with Crippen molar-refractivity contribution in [3.63, 3.8) is 0 Å². The fraction of sp³-hybridized carbons (Fsp3) is 0.200. The van der Waals surface area contributed by atoms with Crippen molar-refractivity contribution in [2.45, 2.75) is 34.2 Å². The van der Waals surface area contributed by atoms with E-state index in [9.17, 15) is 9.59 Å². The van der Waals surface area contributed by atoms with Gasteiger partial charge in [0.25, 0.3) is 5.56 Å². The molecule has 0 atom stereocenters. The van der Waals surface area contributed by atoms with E-state index >= 15 is 0 Å². The molecule has 0 aliphatic rings. The molecule has 5 rings (SSSR count). The molecule has 3 aromatic heterocycles. The van der Waals surface area contributed by atoms with E-state index in [0.717, 1.165) is 33.3 Å². The number of aryl methyl sites for hydroxylation is 4. The number of benzene rings is 2. The lowest BCUT2D eigenvalue weighted by Crippen LogP contribution is -2.21. The van der Waals surface area contributed by atoms with Crippen LogP contribution in [0, 0.1) is 27.7 Å². The van der Waals surface area contributed by atoms with Crippen molar-refractivity contribution in [3.8, 4) is 5.69 Å². The minimum atomic E-state index is -0.444. The summed E-state index contributed by atoms with van der Waals surface area (Å²) in [4.78, 5) is 29.9. The first kappa shape index (κ1) is 19.9. The first-order valence-electron chi connectivity index (χ1n) is 10.4. The summed E-state index contributed by atoms with van der Waals surface area (Å²) in [6.07, 6.45) is 3.05. The van der Waals surface area contributed by atoms with Crippen molar-refractivity contribution in [1.29, 1.82) is 0 Å². The molecule has 3 heterocycles. The molecule has 0 aliphatic carbocycles. The molecule has 0 radical (unpaired) electrons. The van der Waals surface area contributed by atoms with Gasteiger partial charge in [-0.15, -0.1) is 0 Å². The van der Waals surface area contributed by atoms with E-state index in [1.807, 2.05) is 52.0 Å². The second kappa shape index (κ2) is 7.30. The number of rotatable bonds is 3. The van der Waals surface area contributed by atoms with Gasteiger partial charge in [-0.2, -0.15) is 5.10 Å². The summed E-state index contributed by atoms with van der Waals surface area (Å²) in [6.45, 7) is 8.22. The van der Waals surface area contributed by atoms with Gasteiger partial charge in [0.2, 0.25) is 0 Å². The minimum Gasteiger partial charge on any atom is -0.423 e. The number of hydrogen-bond donors (Lipinski definition) is 0. The largest absolute Gasteiger partial charge is 0.423 e. The second-order valence-electron chi connectivity index (χ2n) is 8.34. The van der Waals surface area contributed by atoms with Crippen molar-refractivity contribution < 1.29 is 4.42 Å². The zero-order chi connectivity index (χ0) is 22.6. The Morgan fingerprint density at radius 2 is 1.59 bits per heavy atom. The van der Waals surface area contributed by atoms with Gasteiger partial charge in [0, 0.05) is 11.5 Å². The molecule has 0 unspecified atom stereocenters. The standard InChI is InChI=1S/C25H22N4O3/c1-14-5-15(2)7-19(6-14)29-24-21(11-27-29)25(31)28(13-26-24)12-18-10-23(30)32-22-9-17(4)16(3)8-20(18)22/h5-11,13H,12H2,1-4H3. The van der Waals surface area contributed by atoms with Crippen LogP contribution in [0.1, 0.15) is 27.8 Å². The first-order chi connectivity index (χ1) is 15.3. The summed E-state index contributed by atoms with van der Waals surface area (Å²) in [6, 6.07) is 11.4. The van der Waals surface area contributed by atoms with E-state index in [1.54, 1.807) is 10.9 Å². The van der Waals surface area contributed by atoms with Crippen LogP contribution in [0.15, 0.2) is 62.9 Å². The van der Waals surface area contributed by atoms with Crippen molar-refractivity contribution in [1.82, 2.24) is 19.3 Å². The lowest BCUT2D eigenvalue weighted by Gasteiger charge is -2.10. The maximum atomic E-state index is 13.2. The van der Waals surface area contributed by atoms with Gasteiger partial charge < -0.3 is 4.42 Å². The molecular weight excluding hydrogens is 404 g/mol. The molecule has 0 amide bonds. The molecular formula is C25H22N4O3. The molecule has 0 bridgehead atoms. The highest BCUT2D eigenvalue weighted by molar-refractivity contribution is 5.82. The Hall–Kier alpha value is -4.00. The van der Waals surface area contributed by atoms with Crippen LogP contribution in [0.25, 0.3) is 27.7 Å². The van der Waals surface area contributed by atoms with E-state index in [2.05, 4.69) is 16.1 Å². The molecule has 2 aromatic carbocycles. The van der Waals surface area contributed by atoms with Crippen molar-refractivity contribution in [2.75, 3.05) is 0 Å². The Balaban J connectivity index is 1.63. The molecule has 5 aromatic rings. The second-order valence-corrected chi connectivity index (χ2v) is 8.34. The molecule has 0 aliphatic heterocycles. The molecule has 7 heteroatoms. The monoisotopic (exact) mass is 426 g/mol. The molecule has 7 nitrogen and oxygen atoms in total. The van der Waals surface area contributed by atoms with Crippen LogP contribution in [-0.2, 0) is 6.54 Å². The van der Waals surface area contributed by atoms with Gasteiger partial charge in [-0.05, 0) is 79.8 Å². The molecule has 0 saturated heterocycles. The average molecular weight is 426 g/mol. The van der Waals surface area contributed by atoms with Gasteiger partial charge in [-0.1, -0.05) is 6.07 Å². The normalized spacial score (nSPS) is 11.5. The number of nitrogens with zero attached hydrogens (tertiary/aromatic N) is 4. The van der Waals surface area contributed by atoms with Crippen LogP contribution in [-0.4, -0.2) is 19.3 Å². The molecule has 32 heavy (non-hydrogen) atoms. The Morgan fingerprint density at radius 1 is 0.875 bits per heavy atom. The Kier molecular flexibility index (Phi) is 4.55. The van der Waals surface area contributed by atoms with E-state index < -0.39 is 5.63 Å². The van der Waals surface area contributed by atoms with Gasteiger partial charge in [0.1, 0.15) is 17.3 Å². The smallest absolute Gasteiger partial charge is 0.336 e. The summed E-state index contributed by atoms with van der Waals surface area (Å²) in [7, 11) is 0. The summed E-state index contributed by atoms with van der Waals surface area (Å²) >= 11 is 0. The van der Waals surface area contributed by atoms with E-state index in [1.165, 1.54) is 17.0 Å². The van der Waals surface area contributed by atoms with E-state index in [4.69, 9.17) is 4.42 Å². The van der Waals surface area contributed by atoms with Crippen LogP contribution in [0.5, 0.6) is 0 Å². The number of hydrogen-bond acceptors (Lipinski definition) is 5. The van der Waals surface area contributed by atoms with Gasteiger partial charge in [-0.3, -0.25) is 9.36 Å². The molecule has 0 spiro atoms. The SMILES string of the molecule is Cc1cc(C)cc(-n2ncc3c(=O)n(Cc4cc(=O)oc5cc(C)c(C)cc45)cnc32)c1. The predicted molar refractivity (Wildman–Crippen MR) is 124 cm³/mol. The highest BCUT2D eigenvalue weighted by Crippen LogP contribution is 2.22. The molecule has 0 fully saturated rings. The Labute approximate surface area is 183 Å². The van der Waals surface area contributed by atoms with Gasteiger partial charge in [0.05, 0.1) is 18.4 Å². The summed E-state index contributed by atoms with van der Waals surface area (Å²) in [5.41, 5.74) is 6.27. The fourth-order valence-electron chi connectivity index (χ4n) is 4.12. The highest BCUT2D eigenvalue weighted by Gasteiger charge is 2.14. The van der Waals surface area contributed by atoms with Crippen LogP contribution in [0.4, 0.5) is 0 Å². The van der Waals surface area contributed by atoms with E-state index in [0.29, 0.717) is 22.2 Å². The van der Waals surface area contributed by atoms with Crippen LogP contribution in [0.3, 0.4) is 0 Å². The number of fused-ring (bicyclic) bond motifs is 2. The van der Waals surface area contributed by atoms with Crippen LogP contribution in [0.2, 0.25) is 0 Å². The summed E-state index contributed by atoms with van der Waals surface area (Å²) in [5.74, 6) is 0. The molecule has 0 saturated carbocycles. The first-order valence-corrected chi connectivity index (χ1v) is 10.4. The lowest BCUT2D eigenvalue weighted by molar-refractivity contribution is 0.557. The van der Waals surface area contributed by atoms with Crippen molar-refractivity contribution in [2.24, 2.45) is 0 Å². The summed E-state index contributed by atoms with van der Waals surface area (Å²) < 4.78 is 8.56. The fourth-order valence-corrected chi connectivity index (χ4v) is 4.12. The van der Waals surface area contributed by atoms with Gasteiger partial charge >= 0.3 is 5.63 Å². The molecule has 160 valence electrons. The van der Waals surface area contributed by atoms with Crippen LogP contribution < -0.4 is 11.2 Å². The number of aromatic nitrogens is 4. The Bertz CT molecular complexity index is 1620. The minimum absolute atomic E-state index is 0.209. The quantitative estimate of drug-likeness (QED) is 0.408. The van der Waals surface area contributed by atoms with Gasteiger partial charge in [0.15, 0.2) is 5.65 Å². The average Bonchev–Trinajstić information content (AvgIpc) is 3.16. The van der Waals surface area contributed by atoms with Gasteiger partial charge in [-0.25, -0.2) is 14.5 Å².